The molecule has 5 heteroatoms. The van der Waals surface area contributed by atoms with Crippen LogP contribution >= 0.6 is 0 Å². The highest BCUT2D eigenvalue weighted by atomic mass is 19.1. The number of aromatic nitrogens is 2. The zero-order valence-corrected chi connectivity index (χ0v) is 10.1. The molecule has 0 radical (unpaired) electrons. The first-order valence-corrected chi connectivity index (χ1v) is 6.04. The van der Waals surface area contributed by atoms with Crippen LogP contribution in [0, 0.1) is 11.6 Å². The predicted molar refractivity (Wildman–Crippen MR) is 64.3 cm³/mol. The van der Waals surface area contributed by atoms with Gasteiger partial charge in [-0.25, -0.2) is 8.78 Å². The Kier molecular flexibility index (Phi) is 2.98. The second kappa shape index (κ2) is 4.66. The summed E-state index contributed by atoms with van der Waals surface area (Å²) in [5.41, 5.74) is 0.618. The number of hydrogen-bond donors (Lipinski definition) is 0. The molecule has 0 spiro atoms. The number of benzene rings is 1. The largest absolute Gasteiger partial charge is 0.364 e. The molecule has 3 nitrogen and oxygen atoms in total. The van der Waals surface area contributed by atoms with Crippen molar-refractivity contribution >= 4 is 0 Å². The Bertz CT molecular complexity index is 585. The van der Waals surface area contributed by atoms with Gasteiger partial charge >= 0.3 is 0 Å². The molecule has 98 valence electrons. The van der Waals surface area contributed by atoms with Gasteiger partial charge in [0.15, 0.2) is 0 Å². The van der Waals surface area contributed by atoms with Crippen molar-refractivity contribution in [2.24, 2.45) is 0 Å². The van der Waals surface area contributed by atoms with E-state index in [0.29, 0.717) is 25.0 Å². The molecule has 1 unspecified atom stereocenters. The summed E-state index contributed by atoms with van der Waals surface area (Å²) in [6.45, 7) is 0.454. The van der Waals surface area contributed by atoms with E-state index in [-0.39, 0.29) is 0 Å². The van der Waals surface area contributed by atoms with E-state index < -0.39 is 17.2 Å². The molecule has 0 bridgehead atoms. The van der Waals surface area contributed by atoms with Gasteiger partial charge in [-0.3, -0.25) is 9.97 Å². The van der Waals surface area contributed by atoms with Crippen molar-refractivity contribution in [3.05, 3.63) is 59.7 Å². The topological polar surface area (TPSA) is 38.3 Å². The minimum absolute atomic E-state index is 0.415. The lowest BCUT2D eigenvalue weighted by molar-refractivity contribution is 0.284. The van der Waals surface area contributed by atoms with Crippen molar-refractivity contribution in [2.75, 3.05) is 6.61 Å². The molecule has 1 aromatic heterocycles. The van der Waals surface area contributed by atoms with E-state index in [1.54, 1.807) is 18.6 Å². The van der Waals surface area contributed by atoms with Crippen molar-refractivity contribution in [3.63, 3.8) is 0 Å². The minimum atomic E-state index is -0.630. The number of nitrogens with zero attached hydrogens (tertiary/aromatic N) is 2. The first kappa shape index (κ1) is 12.2. The standard InChI is InChI=1S/C14H12F2N2O/c15-10-1-2-12(13(16)7-10)14(9-19-14)4-3-11-8-17-5-6-18-11/h1-2,5-8H,3-4,9H2. The van der Waals surface area contributed by atoms with E-state index in [1.165, 1.54) is 12.1 Å². The predicted octanol–water partition coefficient (Wildman–Crippen LogP) is 2.61. The minimum Gasteiger partial charge on any atom is -0.364 e. The van der Waals surface area contributed by atoms with Crippen molar-refractivity contribution in [2.45, 2.75) is 18.4 Å². The SMILES string of the molecule is Fc1ccc(C2(CCc3cnccn3)CO2)c(F)c1. The summed E-state index contributed by atoms with van der Waals surface area (Å²) in [6.07, 6.45) is 6.15. The monoisotopic (exact) mass is 262 g/mol. The van der Waals surface area contributed by atoms with Crippen LogP contribution in [-0.4, -0.2) is 16.6 Å². The van der Waals surface area contributed by atoms with Gasteiger partial charge < -0.3 is 4.74 Å². The van der Waals surface area contributed by atoms with Crippen LogP contribution in [0.5, 0.6) is 0 Å². The Labute approximate surface area is 109 Å². The van der Waals surface area contributed by atoms with Gasteiger partial charge in [0.05, 0.1) is 12.3 Å². The van der Waals surface area contributed by atoms with E-state index in [1.807, 2.05) is 0 Å². The Morgan fingerprint density at radius 1 is 1.26 bits per heavy atom. The van der Waals surface area contributed by atoms with E-state index >= 15 is 0 Å². The van der Waals surface area contributed by atoms with E-state index in [4.69, 9.17) is 4.74 Å². The van der Waals surface area contributed by atoms with Gasteiger partial charge in [0.25, 0.3) is 0 Å². The van der Waals surface area contributed by atoms with Crippen LogP contribution in [0.4, 0.5) is 8.78 Å². The van der Waals surface area contributed by atoms with E-state index in [9.17, 15) is 8.78 Å². The molecular formula is C14H12F2N2O. The maximum absolute atomic E-state index is 13.8. The second-order valence-electron chi connectivity index (χ2n) is 4.60. The number of aryl methyl sites for hydroxylation is 1. The smallest absolute Gasteiger partial charge is 0.132 e. The average molecular weight is 262 g/mol. The molecule has 1 aliphatic rings. The average Bonchev–Trinajstić information content (AvgIpc) is 3.19. The van der Waals surface area contributed by atoms with E-state index in [0.717, 1.165) is 11.8 Å². The third-order valence-electron chi connectivity index (χ3n) is 3.32. The van der Waals surface area contributed by atoms with Crippen molar-refractivity contribution in [1.82, 2.24) is 9.97 Å². The number of rotatable bonds is 4. The molecule has 1 saturated heterocycles. The van der Waals surface area contributed by atoms with Gasteiger partial charge in [-0.1, -0.05) is 6.07 Å². The third-order valence-corrected chi connectivity index (χ3v) is 3.32. The highest BCUT2D eigenvalue weighted by Crippen LogP contribution is 2.43. The summed E-state index contributed by atoms with van der Waals surface area (Å²) in [5, 5.41) is 0. The summed E-state index contributed by atoms with van der Waals surface area (Å²) < 4.78 is 32.1. The number of halogens is 2. The number of hydrogen-bond acceptors (Lipinski definition) is 3. The normalized spacial score (nSPS) is 21.4. The number of epoxide rings is 1. The van der Waals surface area contributed by atoms with Crippen LogP contribution in [0.2, 0.25) is 0 Å². The molecule has 0 amide bonds. The molecule has 2 heterocycles. The number of ether oxygens (including phenoxy) is 1. The third kappa shape index (κ3) is 2.46. The zero-order valence-electron chi connectivity index (χ0n) is 10.1. The molecule has 0 saturated carbocycles. The van der Waals surface area contributed by atoms with Crippen molar-refractivity contribution < 1.29 is 13.5 Å². The van der Waals surface area contributed by atoms with Crippen molar-refractivity contribution in [1.29, 1.82) is 0 Å². The van der Waals surface area contributed by atoms with Crippen LogP contribution in [0.25, 0.3) is 0 Å². The van der Waals surface area contributed by atoms with Gasteiger partial charge in [0.2, 0.25) is 0 Å². The Balaban J connectivity index is 1.76. The molecule has 1 fully saturated rings. The highest BCUT2D eigenvalue weighted by Gasteiger charge is 2.47. The first-order valence-electron chi connectivity index (χ1n) is 6.04. The molecule has 1 aromatic carbocycles. The fraction of sp³-hybridized carbons (Fsp3) is 0.286. The van der Waals surface area contributed by atoms with Crippen molar-refractivity contribution in [3.8, 4) is 0 Å². The van der Waals surface area contributed by atoms with Gasteiger partial charge in [0.1, 0.15) is 17.2 Å². The van der Waals surface area contributed by atoms with Crippen LogP contribution in [-0.2, 0) is 16.8 Å². The van der Waals surface area contributed by atoms with E-state index in [2.05, 4.69) is 9.97 Å². The molecule has 0 N–H and O–H groups in total. The zero-order chi connectivity index (χ0) is 13.3. The molecule has 0 aliphatic carbocycles. The summed E-state index contributed by atoms with van der Waals surface area (Å²) in [4.78, 5) is 8.15. The highest BCUT2D eigenvalue weighted by molar-refractivity contribution is 5.29. The molecule has 1 aliphatic heterocycles. The molecule has 19 heavy (non-hydrogen) atoms. The maximum Gasteiger partial charge on any atom is 0.132 e. The molecule has 3 rings (SSSR count). The molecule has 2 aromatic rings. The summed E-state index contributed by atoms with van der Waals surface area (Å²) >= 11 is 0. The fourth-order valence-corrected chi connectivity index (χ4v) is 2.17. The van der Waals surface area contributed by atoms with Crippen LogP contribution in [0.15, 0.2) is 36.8 Å². The van der Waals surface area contributed by atoms with Gasteiger partial charge in [-0.2, -0.15) is 0 Å². The Morgan fingerprint density at radius 2 is 2.11 bits per heavy atom. The summed E-state index contributed by atoms with van der Waals surface area (Å²) in [6, 6.07) is 3.60. The quantitative estimate of drug-likeness (QED) is 0.795. The molecule has 1 atom stereocenters. The maximum atomic E-state index is 13.8. The first-order chi connectivity index (χ1) is 9.20. The van der Waals surface area contributed by atoms with Gasteiger partial charge in [0, 0.05) is 30.2 Å². The van der Waals surface area contributed by atoms with Crippen LogP contribution < -0.4 is 0 Å². The van der Waals surface area contributed by atoms with Crippen LogP contribution in [0.1, 0.15) is 17.7 Å². The lowest BCUT2D eigenvalue weighted by atomic mass is 9.93. The lowest BCUT2D eigenvalue weighted by Gasteiger charge is -2.12. The fourth-order valence-electron chi connectivity index (χ4n) is 2.17. The molecular weight excluding hydrogens is 250 g/mol. The van der Waals surface area contributed by atoms with Crippen LogP contribution in [0.3, 0.4) is 0 Å². The summed E-state index contributed by atoms with van der Waals surface area (Å²) in [5.74, 6) is -1.14. The summed E-state index contributed by atoms with van der Waals surface area (Å²) in [7, 11) is 0. The lowest BCUT2D eigenvalue weighted by Crippen LogP contribution is -2.13. The van der Waals surface area contributed by atoms with Gasteiger partial charge in [-0.15, -0.1) is 0 Å². The Morgan fingerprint density at radius 3 is 2.74 bits per heavy atom. The van der Waals surface area contributed by atoms with Gasteiger partial charge in [-0.05, 0) is 18.9 Å². The second-order valence-corrected chi connectivity index (χ2v) is 4.60. The Hall–Kier alpha value is -1.88.